The normalized spacial score (nSPS) is 11.7. The van der Waals surface area contributed by atoms with Gasteiger partial charge in [-0.1, -0.05) is 53.1 Å². The Labute approximate surface area is 135 Å². The molecule has 0 fully saturated rings. The fourth-order valence-corrected chi connectivity index (χ4v) is 2.56. The summed E-state index contributed by atoms with van der Waals surface area (Å²) < 4.78 is 0. The fourth-order valence-electron chi connectivity index (χ4n) is 2.25. The smallest absolute Gasteiger partial charge is 0.147 e. The Morgan fingerprint density at radius 3 is 2.10 bits per heavy atom. The fraction of sp³-hybridized carbons (Fsp3) is 0.706. The van der Waals surface area contributed by atoms with Gasteiger partial charge >= 0.3 is 0 Å². The first-order chi connectivity index (χ1) is 9.79. The first-order valence-electron chi connectivity index (χ1n) is 7.92. The highest BCUT2D eigenvalue weighted by molar-refractivity contribution is 6.33. The molecule has 1 N–H and O–H groups in total. The molecule has 0 aliphatic rings. The Balaban J connectivity index is 2.88. The number of hydrogen-bond donors (Lipinski definition) is 1. The van der Waals surface area contributed by atoms with E-state index in [1.807, 2.05) is 12.3 Å². The number of rotatable bonds is 8. The van der Waals surface area contributed by atoms with Gasteiger partial charge in [-0.25, -0.2) is 4.98 Å². The van der Waals surface area contributed by atoms with Crippen molar-refractivity contribution in [1.29, 1.82) is 0 Å². The number of anilines is 1. The van der Waals surface area contributed by atoms with Crippen molar-refractivity contribution in [2.24, 2.45) is 11.8 Å². The van der Waals surface area contributed by atoms with Crippen LogP contribution in [0.3, 0.4) is 0 Å². The summed E-state index contributed by atoms with van der Waals surface area (Å²) in [7, 11) is 0. The molecular formula is C17H30ClN3. The molecule has 0 unspecified atom stereocenters. The van der Waals surface area contributed by atoms with Gasteiger partial charge in [-0.2, -0.15) is 0 Å². The molecular weight excluding hydrogens is 282 g/mol. The lowest BCUT2D eigenvalue weighted by molar-refractivity contribution is 0.548. The first kappa shape index (κ1) is 18.2. The Hall–Kier alpha value is -0.800. The highest BCUT2D eigenvalue weighted by Gasteiger charge is 2.15. The minimum absolute atomic E-state index is 0.460. The van der Waals surface area contributed by atoms with Crippen molar-refractivity contribution in [2.75, 3.05) is 18.0 Å². The summed E-state index contributed by atoms with van der Waals surface area (Å²) in [6, 6.07) is 2.49. The third-order valence-electron chi connectivity index (χ3n) is 3.06. The van der Waals surface area contributed by atoms with Gasteiger partial charge in [0.25, 0.3) is 0 Å². The minimum atomic E-state index is 0.460. The SMILES string of the molecule is CC(C)CN(CC(C)C)c1ncc(CNC(C)C)cc1Cl. The minimum Gasteiger partial charge on any atom is -0.355 e. The predicted molar refractivity (Wildman–Crippen MR) is 93.1 cm³/mol. The Morgan fingerprint density at radius 1 is 1.10 bits per heavy atom. The number of pyridine rings is 1. The summed E-state index contributed by atoms with van der Waals surface area (Å²) in [6.07, 6.45) is 1.93. The third kappa shape index (κ3) is 6.66. The van der Waals surface area contributed by atoms with Gasteiger partial charge in [-0.3, -0.25) is 0 Å². The van der Waals surface area contributed by atoms with Crippen LogP contribution in [0.5, 0.6) is 0 Å². The Kier molecular flexibility index (Phi) is 7.47. The van der Waals surface area contributed by atoms with Crippen LogP contribution in [0.25, 0.3) is 0 Å². The molecule has 0 saturated carbocycles. The lowest BCUT2D eigenvalue weighted by Gasteiger charge is -2.28. The van der Waals surface area contributed by atoms with Gasteiger partial charge in [0.1, 0.15) is 5.82 Å². The molecule has 0 amide bonds. The van der Waals surface area contributed by atoms with Gasteiger partial charge in [-0.15, -0.1) is 0 Å². The number of nitrogens with zero attached hydrogens (tertiary/aromatic N) is 2. The van der Waals surface area contributed by atoms with Crippen molar-refractivity contribution in [1.82, 2.24) is 10.3 Å². The van der Waals surface area contributed by atoms with Crippen LogP contribution in [0.2, 0.25) is 5.02 Å². The molecule has 0 atom stereocenters. The van der Waals surface area contributed by atoms with Crippen molar-refractivity contribution in [3.8, 4) is 0 Å². The zero-order chi connectivity index (χ0) is 16.0. The maximum atomic E-state index is 6.47. The molecule has 0 aliphatic carbocycles. The second-order valence-corrected chi connectivity index (χ2v) is 7.28. The molecule has 120 valence electrons. The molecule has 1 heterocycles. The molecule has 1 aromatic heterocycles. The molecule has 0 radical (unpaired) electrons. The molecule has 21 heavy (non-hydrogen) atoms. The van der Waals surface area contributed by atoms with Crippen LogP contribution in [-0.4, -0.2) is 24.1 Å². The molecule has 0 aromatic carbocycles. The number of nitrogens with one attached hydrogen (secondary N) is 1. The van der Waals surface area contributed by atoms with Gasteiger partial charge in [0.05, 0.1) is 5.02 Å². The molecule has 0 saturated heterocycles. The maximum Gasteiger partial charge on any atom is 0.147 e. The standard InChI is InChI=1S/C17H30ClN3/c1-12(2)10-21(11-13(3)4)17-16(18)7-15(9-20-17)8-19-14(5)6/h7,9,12-14,19H,8,10-11H2,1-6H3. The molecule has 1 rings (SSSR count). The van der Waals surface area contributed by atoms with Crippen LogP contribution in [0.4, 0.5) is 5.82 Å². The highest BCUT2D eigenvalue weighted by Crippen LogP contribution is 2.25. The van der Waals surface area contributed by atoms with E-state index in [1.165, 1.54) is 0 Å². The van der Waals surface area contributed by atoms with Gasteiger partial charge in [0.15, 0.2) is 0 Å². The number of halogens is 1. The molecule has 1 aromatic rings. The summed E-state index contributed by atoms with van der Waals surface area (Å²) in [4.78, 5) is 6.92. The maximum absolute atomic E-state index is 6.47. The van der Waals surface area contributed by atoms with E-state index < -0.39 is 0 Å². The van der Waals surface area contributed by atoms with E-state index in [-0.39, 0.29) is 0 Å². The zero-order valence-corrected chi connectivity index (χ0v) is 15.0. The summed E-state index contributed by atoms with van der Waals surface area (Å²) in [5, 5.41) is 4.14. The van der Waals surface area contributed by atoms with E-state index in [4.69, 9.17) is 11.6 Å². The summed E-state index contributed by atoms with van der Waals surface area (Å²) in [5.41, 5.74) is 1.13. The second-order valence-electron chi connectivity index (χ2n) is 6.88. The predicted octanol–water partition coefficient (Wildman–Crippen LogP) is 4.35. The largest absolute Gasteiger partial charge is 0.355 e. The third-order valence-corrected chi connectivity index (χ3v) is 3.34. The van der Waals surface area contributed by atoms with E-state index in [9.17, 15) is 0 Å². The van der Waals surface area contributed by atoms with E-state index in [1.54, 1.807) is 0 Å². The lowest BCUT2D eigenvalue weighted by Crippen LogP contribution is -2.32. The molecule has 3 nitrogen and oxygen atoms in total. The van der Waals surface area contributed by atoms with Crippen molar-refractivity contribution in [3.05, 3.63) is 22.8 Å². The van der Waals surface area contributed by atoms with Crippen LogP contribution in [0.15, 0.2) is 12.3 Å². The van der Waals surface area contributed by atoms with Crippen molar-refractivity contribution in [3.63, 3.8) is 0 Å². The van der Waals surface area contributed by atoms with Gasteiger partial charge in [-0.05, 0) is 23.5 Å². The Morgan fingerprint density at radius 2 is 1.67 bits per heavy atom. The van der Waals surface area contributed by atoms with Gasteiger partial charge in [0, 0.05) is 31.9 Å². The second kappa shape index (κ2) is 8.60. The molecule has 0 spiro atoms. The van der Waals surface area contributed by atoms with Gasteiger partial charge in [0.2, 0.25) is 0 Å². The molecule has 0 aliphatic heterocycles. The quantitative estimate of drug-likeness (QED) is 0.773. The van der Waals surface area contributed by atoms with Crippen LogP contribution in [0.1, 0.15) is 47.1 Å². The monoisotopic (exact) mass is 311 g/mol. The molecule has 4 heteroatoms. The Bertz CT molecular complexity index is 420. The van der Waals surface area contributed by atoms with E-state index in [0.29, 0.717) is 17.9 Å². The first-order valence-corrected chi connectivity index (χ1v) is 8.30. The highest BCUT2D eigenvalue weighted by atomic mass is 35.5. The molecule has 0 bridgehead atoms. The van der Waals surface area contributed by atoms with Crippen molar-refractivity contribution >= 4 is 17.4 Å². The van der Waals surface area contributed by atoms with Crippen LogP contribution in [-0.2, 0) is 6.54 Å². The zero-order valence-electron chi connectivity index (χ0n) is 14.3. The summed E-state index contributed by atoms with van der Waals surface area (Å²) in [6.45, 7) is 15.9. The van der Waals surface area contributed by atoms with Crippen LogP contribution >= 0.6 is 11.6 Å². The topological polar surface area (TPSA) is 28.2 Å². The average Bonchev–Trinajstić information content (AvgIpc) is 2.34. The van der Waals surface area contributed by atoms with Gasteiger partial charge < -0.3 is 10.2 Å². The number of hydrogen-bond acceptors (Lipinski definition) is 3. The van der Waals surface area contributed by atoms with E-state index in [0.717, 1.165) is 36.0 Å². The lowest BCUT2D eigenvalue weighted by atomic mass is 10.1. The van der Waals surface area contributed by atoms with E-state index in [2.05, 4.69) is 56.7 Å². The number of aromatic nitrogens is 1. The van der Waals surface area contributed by atoms with E-state index >= 15 is 0 Å². The van der Waals surface area contributed by atoms with Crippen molar-refractivity contribution in [2.45, 2.75) is 54.1 Å². The van der Waals surface area contributed by atoms with Crippen LogP contribution in [0, 0.1) is 11.8 Å². The average molecular weight is 312 g/mol. The summed E-state index contributed by atoms with van der Waals surface area (Å²) in [5.74, 6) is 2.08. The van der Waals surface area contributed by atoms with Crippen molar-refractivity contribution < 1.29 is 0 Å². The van der Waals surface area contributed by atoms with Crippen LogP contribution < -0.4 is 10.2 Å². The summed E-state index contributed by atoms with van der Waals surface area (Å²) >= 11 is 6.47.